The molecule has 2 heterocycles. The largest absolute Gasteiger partial charge is 0.306 e. The van der Waals surface area contributed by atoms with Crippen molar-refractivity contribution in [3.05, 3.63) is 45.0 Å². The molecule has 0 aromatic carbocycles. The van der Waals surface area contributed by atoms with Crippen LogP contribution < -0.4 is 5.32 Å². The second-order valence-electron chi connectivity index (χ2n) is 4.20. The Balaban J connectivity index is 2.29. The Kier molecular flexibility index (Phi) is 5.33. The van der Waals surface area contributed by atoms with Gasteiger partial charge >= 0.3 is 0 Å². The highest BCUT2D eigenvalue weighted by molar-refractivity contribution is 6.33. The van der Waals surface area contributed by atoms with Gasteiger partial charge in [-0.25, -0.2) is 15.0 Å². The van der Waals surface area contributed by atoms with E-state index in [1.165, 1.54) is 18.5 Å². The molecule has 21 heavy (non-hydrogen) atoms. The fraction of sp³-hybridized carbons (Fsp3) is 0.231. The number of carbonyl (C=O) groups excluding carboxylic acids is 1. The lowest BCUT2D eigenvalue weighted by atomic mass is 10.2. The van der Waals surface area contributed by atoms with E-state index in [1.807, 2.05) is 6.92 Å². The Hall–Kier alpha value is -1.43. The quantitative estimate of drug-likeness (QED) is 0.671. The number of carbonyl (C=O) groups is 1. The molecular weight excluding hydrogens is 335 g/mol. The molecule has 0 fully saturated rings. The van der Waals surface area contributed by atoms with Gasteiger partial charge in [-0.05, 0) is 18.6 Å². The van der Waals surface area contributed by atoms with Gasteiger partial charge in [0.2, 0.25) is 0 Å². The molecular formula is C13H11Cl3N4O. The van der Waals surface area contributed by atoms with Crippen molar-refractivity contribution >= 4 is 46.5 Å². The second kappa shape index (κ2) is 7.02. The number of hydrogen-bond acceptors (Lipinski definition) is 4. The Labute approximate surface area is 136 Å². The summed E-state index contributed by atoms with van der Waals surface area (Å²) < 4.78 is 0. The van der Waals surface area contributed by atoms with E-state index in [9.17, 15) is 4.79 Å². The number of amides is 1. The highest BCUT2D eigenvalue weighted by Gasteiger charge is 2.14. The summed E-state index contributed by atoms with van der Waals surface area (Å²) in [5, 5.41) is 3.30. The van der Waals surface area contributed by atoms with Crippen LogP contribution >= 0.6 is 34.8 Å². The van der Waals surface area contributed by atoms with Crippen LogP contribution in [0.4, 0.5) is 5.82 Å². The molecule has 1 amide bonds. The lowest BCUT2D eigenvalue weighted by molar-refractivity contribution is 0.102. The van der Waals surface area contributed by atoms with Crippen LogP contribution in [0, 0.1) is 0 Å². The monoisotopic (exact) mass is 344 g/mol. The Morgan fingerprint density at radius 1 is 1.19 bits per heavy atom. The van der Waals surface area contributed by atoms with E-state index < -0.39 is 5.91 Å². The molecule has 5 nitrogen and oxygen atoms in total. The van der Waals surface area contributed by atoms with E-state index in [-0.39, 0.29) is 15.9 Å². The van der Waals surface area contributed by atoms with Crippen LogP contribution in [0.2, 0.25) is 15.5 Å². The van der Waals surface area contributed by atoms with Crippen molar-refractivity contribution in [2.45, 2.75) is 19.8 Å². The lowest BCUT2D eigenvalue weighted by Gasteiger charge is -2.10. The van der Waals surface area contributed by atoms with E-state index >= 15 is 0 Å². The molecule has 2 rings (SSSR count). The minimum absolute atomic E-state index is 0.141. The number of aromatic nitrogens is 3. The van der Waals surface area contributed by atoms with Crippen LogP contribution in [-0.2, 0) is 6.42 Å². The summed E-state index contributed by atoms with van der Waals surface area (Å²) in [4.78, 5) is 24.0. The number of hydrogen-bond donors (Lipinski definition) is 1. The van der Waals surface area contributed by atoms with Crippen LogP contribution in [0.25, 0.3) is 0 Å². The molecule has 110 valence electrons. The molecule has 2 aromatic rings. The van der Waals surface area contributed by atoms with E-state index in [2.05, 4.69) is 20.3 Å². The van der Waals surface area contributed by atoms with Crippen molar-refractivity contribution in [1.29, 1.82) is 0 Å². The van der Waals surface area contributed by atoms with Crippen LogP contribution in [0.1, 0.15) is 29.3 Å². The summed E-state index contributed by atoms with van der Waals surface area (Å²) in [6.07, 6.45) is 2.81. The third kappa shape index (κ3) is 4.03. The summed E-state index contributed by atoms with van der Waals surface area (Å²) in [5.41, 5.74) is 0.985. The normalized spacial score (nSPS) is 10.5. The molecule has 0 radical (unpaired) electrons. The van der Waals surface area contributed by atoms with Gasteiger partial charge in [-0.3, -0.25) is 4.79 Å². The van der Waals surface area contributed by atoms with Gasteiger partial charge in [-0.15, -0.1) is 0 Å². The number of nitrogens with zero attached hydrogens (tertiary/aromatic N) is 3. The third-order valence-corrected chi connectivity index (χ3v) is 3.36. The minimum Gasteiger partial charge on any atom is -0.306 e. The molecule has 0 aliphatic heterocycles. The first-order valence-corrected chi connectivity index (χ1v) is 7.28. The predicted molar refractivity (Wildman–Crippen MR) is 83.2 cm³/mol. The SMILES string of the molecule is CCCc1c(Cl)ncnc1NC(=O)c1cc(Cl)nc(Cl)c1. The molecule has 0 saturated carbocycles. The highest BCUT2D eigenvalue weighted by Crippen LogP contribution is 2.22. The number of halogens is 3. The van der Waals surface area contributed by atoms with Crippen molar-refractivity contribution in [1.82, 2.24) is 15.0 Å². The molecule has 0 atom stereocenters. The third-order valence-electron chi connectivity index (χ3n) is 2.65. The summed E-state index contributed by atoms with van der Waals surface area (Å²) in [6.45, 7) is 2.00. The molecule has 0 aliphatic carbocycles. The first kappa shape index (κ1) is 15.9. The summed E-state index contributed by atoms with van der Waals surface area (Å²) in [5.74, 6) is -0.0146. The fourth-order valence-electron chi connectivity index (χ4n) is 1.75. The standard InChI is InChI=1S/C13H11Cl3N4O/c1-2-3-8-11(16)17-6-18-12(8)20-13(21)7-4-9(14)19-10(15)5-7/h4-6H,2-3H2,1H3,(H,17,18,20,21). The number of rotatable bonds is 4. The smallest absolute Gasteiger partial charge is 0.257 e. The zero-order chi connectivity index (χ0) is 15.4. The average Bonchev–Trinajstić information content (AvgIpc) is 2.41. The molecule has 2 aromatic heterocycles. The van der Waals surface area contributed by atoms with Crippen LogP contribution in [0.5, 0.6) is 0 Å². The van der Waals surface area contributed by atoms with Crippen molar-refractivity contribution in [3.63, 3.8) is 0 Å². The van der Waals surface area contributed by atoms with Gasteiger partial charge < -0.3 is 5.32 Å². The Morgan fingerprint density at radius 3 is 2.48 bits per heavy atom. The number of anilines is 1. The van der Waals surface area contributed by atoms with Gasteiger partial charge in [-0.1, -0.05) is 48.1 Å². The second-order valence-corrected chi connectivity index (χ2v) is 5.33. The summed E-state index contributed by atoms with van der Waals surface area (Å²) in [7, 11) is 0. The predicted octanol–water partition coefficient (Wildman–Crippen LogP) is 4.04. The lowest BCUT2D eigenvalue weighted by Crippen LogP contribution is -2.15. The van der Waals surface area contributed by atoms with Crippen molar-refractivity contribution in [3.8, 4) is 0 Å². The van der Waals surface area contributed by atoms with Gasteiger partial charge in [0.25, 0.3) is 5.91 Å². The van der Waals surface area contributed by atoms with Gasteiger partial charge in [0, 0.05) is 11.1 Å². The minimum atomic E-state index is -0.395. The zero-order valence-corrected chi connectivity index (χ0v) is 13.3. The van der Waals surface area contributed by atoms with Crippen LogP contribution in [0.15, 0.2) is 18.5 Å². The Morgan fingerprint density at radius 2 is 1.86 bits per heavy atom. The number of nitrogens with one attached hydrogen (secondary N) is 1. The fourth-order valence-corrected chi connectivity index (χ4v) is 2.43. The molecule has 0 saturated heterocycles. The van der Waals surface area contributed by atoms with Crippen molar-refractivity contribution in [2.75, 3.05) is 5.32 Å². The maximum atomic E-state index is 12.2. The van der Waals surface area contributed by atoms with E-state index in [4.69, 9.17) is 34.8 Å². The average molecular weight is 346 g/mol. The number of pyridine rings is 1. The topological polar surface area (TPSA) is 67.8 Å². The maximum absolute atomic E-state index is 12.2. The molecule has 1 N–H and O–H groups in total. The zero-order valence-electron chi connectivity index (χ0n) is 11.0. The molecule has 8 heteroatoms. The van der Waals surface area contributed by atoms with Crippen molar-refractivity contribution in [2.24, 2.45) is 0 Å². The van der Waals surface area contributed by atoms with Gasteiger partial charge in [0.15, 0.2) is 0 Å². The maximum Gasteiger partial charge on any atom is 0.257 e. The Bertz CT molecular complexity index is 658. The van der Waals surface area contributed by atoms with E-state index in [0.717, 1.165) is 6.42 Å². The molecule has 0 bridgehead atoms. The molecule has 0 unspecified atom stereocenters. The summed E-state index contributed by atoms with van der Waals surface area (Å²) in [6, 6.07) is 2.84. The van der Waals surface area contributed by atoms with Gasteiger partial charge in [-0.2, -0.15) is 0 Å². The highest BCUT2D eigenvalue weighted by atomic mass is 35.5. The summed E-state index contributed by atoms with van der Waals surface area (Å²) >= 11 is 17.6. The van der Waals surface area contributed by atoms with Crippen LogP contribution in [0.3, 0.4) is 0 Å². The van der Waals surface area contributed by atoms with Crippen molar-refractivity contribution < 1.29 is 4.79 Å². The van der Waals surface area contributed by atoms with Gasteiger partial charge in [0.05, 0.1) is 0 Å². The van der Waals surface area contributed by atoms with Crippen LogP contribution in [-0.4, -0.2) is 20.9 Å². The van der Waals surface area contributed by atoms with E-state index in [0.29, 0.717) is 23.0 Å². The molecule has 0 aliphatic rings. The van der Waals surface area contributed by atoms with E-state index in [1.54, 1.807) is 0 Å². The first-order chi connectivity index (χ1) is 10.0. The molecule has 0 spiro atoms. The van der Waals surface area contributed by atoms with Gasteiger partial charge in [0.1, 0.15) is 27.6 Å². The first-order valence-electron chi connectivity index (χ1n) is 6.15.